The Bertz CT molecular complexity index is 965. The number of rotatable bonds is 8. The summed E-state index contributed by atoms with van der Waals surface area (Å²) in [5.41, 5.74) is 3.05. The Morgan fingerprint density at radius 2 is 1.71 bits per heavy atom. The second kappa shape index (κ2) is 10.2. The number of hydrogen-bond acceptors (Lipinski definition) is 4. The summed E-state index contributed by atoms with van der Waals surface area (Å²) in [6.07, 6.45) is 4.18. The van der Waals surface area contributed by atoms with Gasteiger partial charge in [-0.1, -0.05) is 30.3 Å². The smallest absolute Gasteiger partial charge is 0.221 e. The standard InChI is InChI=1S/C24H28FN5O/c25-21-6-8-22(9-7-21)30-16-14-28(15-17-30)13-11-26-24(31)10-12-29-18-23(27-19-29)20-4-2-1-3-5-20/h1-9,18-19H,10-17H2,(H,26,31). The highest BCUT2D eigenvalue weighted by Crippen LogP contribution is 2.17. The van der Waals surface area contributed by atoms with Crippen LogP contribution in [0.5, 0.6) is 0 Å². The molecule has 1 saturated heterocycles. The Balaban J connectivity index is 1.13. The third kappa shape index (κ3) is 5.92. The molecule has 1 aliphatic rings. The molecule has 4 rings (SSSR count). The van der Waals surface area contributed by atoms with Crippen molar-refractivity contribution in [1.82, 2.24) is 19.8 Å². The molecule has 2 heterocycles. The van der Waals surface area contributed by atoms with Crippen LogP contribution in [0.15, 0.2) is 67.1 Å². The van der Waals surface area contributed by atoms with Crippen molar-refractivity contribution >= 4 is 11.6 Å². The van der Waals surface area contributed by atoms with Gasteiger partial charge in [-0.15, -0.1) is 0 Å². The second-order valence-electron chi connectivity index (χ2n) is 7.77. The zero-order valence-electron chi connectivity index (χ0n) is 17.6. The molecule has 1 amide bonds. The van der Waals surface area contributed by atoms with Crippen LogP contribution in [-0.4, -0.2) is 59.6 Å². The number of nitrogens with zero attached hydrogens (tertiary/aromatic N) is 4. The normalized spacial score (nSPS) is 14.5. The van der Waals surface area contributed by atoms with Crippen molar-refractivity contribution in [2.75, 3.05) is 44.2 Å². The molecule has 1 aromatic heterocycles. The van der Waals surface area contributed by atoms with E-state index in [2.05, 4.69) is 20.1 Å². The fourth-order valence-corrected chi connectivity index (χ4v) is 3.79. The Hall–Kier alpha value is -3.19. The van der Waals surface area contributed by atoms with Crippen LogP contribution in [0.1, 0.15) is 6.42 Å². The van der Waals surface area contributed by atoms with E-state index in [1.807, 2.05) is 53.2 Å². The summed E-state index contributed by atoms with van der Waals surface area (Å²) in [6, 6.07) is 16.7. The summed E-state index contributed by atoms with van der Waals surface area (Å²) in [4.78, 5) is 21.2. The topological polar surface area (TPSA) is 53.4 Å². The molecule has 1 fully saturated rings. The molecule has 162 valence electrons. The van der Waals surface area contributed by atoms with Crippen LogP contribution in [0, 0.1) is 5.82 Å². The van der Waals surface area contributed by atoms with Crippen molar-refractivity contribution in [3.05, 3.63) is 72.9 Å². The average Bonchev–Trinajstić information content (AvgIpc) is 3.29. The summed E-state index contributed by atoms with van der Waals surface area (Å²) >= 11 is 0. The number of halogens is 1. The van der Waals surface area contributed by atoms with Crippen molar-refractivity contribution in [2.24, 2.45) is 0 Å². The van der Waals surface area contributed by atoms with E-state index in [0.29, 0.717) is 19.5 Å². The lowest BCUT2D eigenvalue weighted by Gasteiger charge is -2.36. The summed E-state index contributed by atoms with van der Waals surface area (Å²) in [5.74, 6) is -0.150. The predicted molar refractivity (Wildman–Crippen MR) is 120 cm³/mol. The van der Waals surface area contributed by atoms with Gasteiger partial charge in [-0.3, -0.25) is 9.69 Å². The molecule has 0 bridgehead atoms. The van der Waals surface area contributed by atoms with Crippen LogP contribution in [0.2, 0.25) is 0 Å². The third-order valence-electron chi connectivity index (χ3n) is 5.61. The summed E-state index contributed by atoms with van der Waals surface area (Å²) in [6.45, 7) is 5.78. The van der Waals surface area contributed by atoms with Gasteiger partial charge in [-0.25, -0.2) is 9.37 Å². The van der Waals surface area contributed by atoms with Gasteiger partial charge in [-0.05, 0) is 24.3 Å². The molecule has 0 unspecified atom stereocenters. The van der Waals surface area contributed by atoms with E-state index in [1.165, 1.54) is 12.1 Å². The SMILES string of the molecule is O=C(CCn1cnc(-c2ccccc2)c1)NCCN1CCN(c2ccc(F)cc2)CC1. The van der Waals surface area contributed by atoms with Gasteiger partial charge in [0.25, 0.3) is 0 Å². The van der Waals surface area contributed by atoms with Crippen LogP contribution >= 0.6 is 0 Å². The van der Waals surface area contributed by atoms with E-state index in [1.54, 1.807) is 6.33 Å². The van der Waals surface area contributed by atoms with Crippen LogP contribution < -0.4 is 10.2 Å². The number of piperazine rings is 1. The lowest BCUT2D eigenvalue weighted by atomic mass is 10.2. The Kier molecular flexibility index (Phi) is 6.94. The van der Waals surface area contributed by atoms with E-state index in [4.69, 9.17) is 0 Å². The summed E-state index contributed by atoms with van der Waals surface area (Å²) < 4.78 is 15.0. The first kappa shape index (κ1) is 21.1. The van der Waals surface area contributed by atoms with Gasteiger partial charge >= 0.3 is 0 Å². The molecule has 0 radical (unpaired) electrons. The maximum absolute atomic E-state index is 13.1. The van der Waals surface area contributed by atoms with Crippen LogP contribution in [0.3, 0.4) is 0 Å². The average molecular weight is 422 g/mol. The largest absolute Gasteiger partial charge is 0.369 e. The van der Waals surface area contributed by atoms with Gasteiger partial charge in [-0.2, -0.15) is 0 Å². The molecule has 0 atom stereocenters. The minimum absolute atomic E-state index is 0.0555. The first-order valence-electron chi connectivity index (χ1n) is 10.7. The molecule has 0 spiro atoms. The molecular weight excluding hydrogens is 393 g/mol. The minimum Gasteiger partial charge on any atom is -0.369 e. The number of hydrogen-bond donors (Lipinski definition) is 1. The van der Waals surface area contributed by atoms with Gasteiger partial charge < -0.3 is 14.8 Å². The van der Waals surface area contributed by atoms with E-state index >= 15 is 0 Å². The number of amides is 1. The Labute approximate surface area is 182 Å². The fourth-order valence-electron chi connectivity index (χ4n) is 3.79. The van der Waals surface area contributed by atoms with Crippen LogP contribution in [-0.2, 0) is 11.3 Å². The van der Waals surface area contributed by atoms with Crippen molar-refractivity contribution < 1.29 is 9.18 Å². The van der Waals surface area contributed by atoms with Gasteiger partial charge in [0.1, 0.15) is 5.82 Å². The molecule has 1 N–H and O–H groups in total. The molecule has 31 heavy (non-hydrogen) atoms. The maximum Gasteiger partial charge on any atom is 0.221 e. The number of imidazole rings is 1. The van der Waals surface area contributed by atoms with E-state index in [0.717, 1.165) is 49.7 Å². The minimum atomic E-state index is -0.206. The first-order chi connectivity index (χ1) is 15.2. The third-order valence-corrected chi connectivity index (χ3v) is 5.61. The molecule has 7 heteroatoms. The Morgan fingerprint density at radius 3 is 2.45 bits per heavy atom. The molecule has 0 saturated carbocycles. The highest BCUT2D eigenvalue weighted by atomic mass is 19.1. The van der Waals surface area contributed by atoms with Crippen molar-refractivity contribution in [2.45, 2.75) is 13.0 Å². The van der Waals surface area contributed by atoms with Gasteiger partial charge in [0.05, 0.1) is 12.0 Å². The van der Waals surface area contributed by atoms with Crippen molar-refractivity contribution in [1.29, 1.82) is 0 Å². The zero-order valence-corrected chi connectivity index (χ0v) is 17.6. The lowest BCUT2D eigenvalue weighted by molar-refractivity contribution is -0.121. The van der Waals surface area contributed by atoms with Crippen molar-refractivity contribution in [3.8, 4) is 11.3 Å². The number of nitrogens with one attached hydrogen (secondary N) is 1. The monoisotopic (exact) mass is 421 g/mol. The first-order valence-corrected chi connectivity index (χ1v) is 10.7. The lowest BCUT2D eigenvalue weighted by Crippen LogP contribution is -2.48. The fraction of sp³-hybridized carbons (Fsp3) is 0.333. The molecule has 1 aliphatic heterocycles. The second-order valence-corrected chi connectivity index (χ2v) is 7.77. The quantitative estimate of drug-likeness (QED) is 0.608. The van der Waals surface area contributed by atoms with Gasteiger partial charge in [0.2, 0.25) is 5.91 Å². The summed E-state index contributed by atoms with van der Waals surface area (Å²) in [7, 11) is 0. The van der Waals surface area contributed by atoms with Gasteiger partial charge in [0, 0.05) is 69.7 Å². The Morgan fingerprint density at radius 1 is 0.968 bits per heavy atom. The van der Waals surface area contributed by atoms with Crippen LogP contribution in [0.4, 0.5) is 10.1 Å². The van der Waals surface area contributed by atoms with E-state index < -0.39 is 0 Å². The molecule has 6 nitrogen and oxygen atoms in total. The van der Waals surface area contributed by atoms with E-state index in [-0.39, 0.29) is 11.7 Å². The highest BCUT2D eigenvalue weighted by Gasteiger charge is 2.17. The molecule has 2 aromatic carbocycles. The molecule has 0 aliphatic carbocycles. The van der Waals surface area contributed by atoms with Crippen LogP contribution in [0.25, 0.3) is 11.3 Å². The van der Waals surface area contributed by atoms with Gasteiger partial charge in [0.15, 0.2) is 0 Å². The number of carbonyl (C=O) groups is 1. The number of aromatic nitrogens is 2. The van der Waals surface area contributed by atoms with E-state index in [9.17, 15) is 9.18 Å². The number of carbonyl (C=O) groups excluding carboxylic acids is 1. The number of anilines is 1. The number of benzene rings is 2. The predicted octanol–water partition coefficient (Wildman–Crippen LogP) is 3.02. The molecular formula is C24H28FN5O. The maximum atomic E-state index is 13.1. The molecule has 3 aromatic rings. The van der Waals surface area contributed by atoms with Crippen molar-refractivity contribution in [3.63, 3.8) is 0 Å². The zero-order chi connectivity index (χ0) is 21.5. The summed E-state index contributed by atoms with van der Waals surface area (Å²) in [5, 5.41) is 3.02. The highest BCUT2D eigenvalue weighted by molar-refractivity contribution is 5.75. The number of aryl methyl sites for hydroxylation is 1.